The molecule has 4 heteroatoms. The lowest BCUT2D eigenvalue weighted by Crippen LogP contribution is -2.64. The average Bonchev–Trinajstić information content (AvgIpc) is 3.00. The molecule has 0 spiro atoms. The monoisotopic (exact) mass is 444 g/mol. The summed E-state index contributed by atoms with van der Waals surface area (Å²) in [5, 5.41) is 45.1. The van der Waals surface area contributed by atoms with Crippen LogP contribution >= 0.6 is 0 Å². The number of rotatable bonds is 4. The summed E-state index contributed by atoms with van der Waals surface area (Å²) in [6.07, 6.45) is 10.7. The van der Waals surface area contributed by atoms with Gasteiger partial charge in [0, 0.05) is 17.3 Å². The molecule has 2 saturated carbocycles. The van der Waals surface area contributed by atoms with Crippen LogP contribution in [-0.2, 0) is 0 Å². The first-order valence-corrected chi connectivity index (χ1v) is 12.7. The fourth-order valence-electron chi connectivity index (χ4n) is 7.45. The van der Waals surface area contributed by atoms with Gasteiger partial charge in [-0.05, 0) is 73.0 Å². The van der Waals surface area contributed by atoms with Gasteiger partial charge in [-0.2, -0.15) is 0 Å². The van der Waals surface area contributed by atoms with Crippen molar-refractivity contribution in [3.05, 3.63) is 35.5 Å². The topological polar surface area (TPSA) is 80.9 Å². The lowest BCUT2D eigenvalue weighted by Gasteiger charge is -2.60. The SMILES string of the molecule is CC(C)[C@@H](C)C=C[C@@H](C)[C@H]1CC[C@@]2(O)C3=C[C@@H](O)[C@@]4(O)C[C@@H](O)CC[C@]4(C)C3=CC[C@]12C. The molecule has 4 aliphatic carbocycles. The van der Waals surface area contributed by atoms with Crippen LogP contribution in [0.25, 0.3) is 0 Å². The second-order valence-electron chi connectivity index (χ2n) is 12.3. The van der Waals surface area contributed by atoms with E-state index in [1.807, 2.05) is 6.92 Å². The van der Waals surface area contributed by atoms with Crippen molar-refractivity contribution in [1.29, 1.82) is 0 Å². The minimum Gasteiger partial charge on any atom is -0.393 e. The third-order valence-corrected chi connectivity index (χ3v) is 10.3. The van der Waals surface area contributed by atoms with Crippen LogP contribution in [0.1, 0.15) is 80.1 Å². The highest BCUT2D eigenvalue weighted by Gasteiger charge is 2.67. The van der Waals surface area contributed by atoms with Crippen molar-refractivity contribution < 1.29 is 20.4 Å². The van der Waals surface area contributed by atoms with E-state index < -0.39 is 28.8 Å². The zero-order chi connectivity index (χ0) is 23.7. The van der Waals surface area contributed by atoms with Gasteiger partial charge in [-0.25, -0.2) is 0 Å². The predicted octanol–water partition coefficient (Wildman–Crippen LogP) is 4.53. The first-order chi connectivity index (χ1) is 14.8. The Balaban J connectivity index is 1.71. The molecule has 0 heterocycles. The second kappa shape index (κ2) is 7.80. The molecule has 0 saturated heterocycles. The van der Waals surface area contributed by atoms with Crippen LogP contribution in [0.5, 0.6) is 0 Å². The molecule has 2 fully saturated rings. The number of hydrogen-bond donors (Lipinski definition) is 4. The fraction of sp³-hybridized carbons (Fsp3) is 0.786. The number of fused-ring (bicyclic) bond motifs is 5. The van der Waals surface area contributed by atoms with Gasteiger partial charge in [0.15, 0.2) is 0 Å². The highest BCUT2D eigenvalue weighted by atomic mass is 16.3. The third-order valence-electron chi connectivity index (χ3n) is 10.3. The Morgan fingerprint density at radius 1 is 0.969 bits per heavy atom. The lowest BCUT2D eigenvalue weighted by atomic mass is 9.48. The second-order valence-corrected chi connectivity index (χ2v) is 12.3. The van der Waals surface area contributed by atoms with E-state index in [-0.39, 0.29) is 11.8 Å². The van der Waals surface area contributed by atoms with E-state index in [1.54, 1.807) is 6.08 Å². The van der Waals surface area contributed by atoms with Crippen molar-refractivity contribution in [2.24, 2.45) is 34.5 Å². The first kappa shape index (κ1) is 24.2. The Morgan fingerprint density at radius 2 is 1.66 bits per heavy atom. The molecule has 0 aromatic heterocycles. The van der Waals surface area contributed by atoms with Gasteiger partial charge in [0.1, 0.15) is 11.7 Å². The summed E-state index contributed by atoms with van der Waals surface area (Å²) in [5.74, 6) is 1.84. The van der Waals surface area contributed by atoms with Gasteiger partial charge in [-0.15, -0.1) is 0 Å². The van der Waals surface area contributed by atoms with Gasteiger partial charge in [-0.3, -0.25) is 0 Å². The largest absolute Gasteiger partial charge is 0.393 e. The Hall–Kier alpha value is -0.940. The van der Waals surface area contributed by atoms with Crippen molar-refractivity contribution in [2.75, 3.05) is 0 Å². The van der Waals surface area contributed by atoms with E-state index in [4.69, 9.17) is 0 Å². The van der Waals surface area contributed by atoms with Crippen molar-refractivity contribution in [1.82, 2.24) is 0 Å². The molecule has 0 aromatic rings. The molecule has 0 amide bonds. The van der Waals surface area contributed by atoms with Gasteiger partial charge >= 0.3 is 0 Å². The maximum absolute atomic E-state index is 12.2. The zero-order valence-corrected chi connectivity index (χ0v) is 20.8. The van der Waals surface area contributed by atoms with Crippen LogP contribution in [-0.4, -0.2) is 43.8 Å². The Bertz CT molecular complexity index is 842. The van der Waals surface area contributed by atoms with Crippen LogP contribution in [0, 0.1) is 34.5 Å². The van der Waals surface area contributed by atoms with E-state index in [2.05, 4.69) is 52.8 Å². The maximum atomic E-state index is 12.2. The number of allylic oxidation sites excluding steroid dienone is 3. The zero-order valence-electron chi connectivity index (χ0n) is 20.8. The highest BCUT2D eigenvalue weighted by Crippen LogP contribution is 2.67. The van der Waals surface area contributed by atoms with Crippen molar-refractivity contribution in [3.63, 3.8) is 0 Å². The fourth-order valence-corrected chi connectivity index (χ4v) is 7.45. The Morgan fingerprint density at radius 3 is 2.31 bits per heavy atom. The van der Waals surface area contributed by atoms with Gasteiger partial charge in [0.05, 0.1) is 11.7 Å². The summed E-state index contributed by atoms with van der Waals surface area (Å²) in [6, 6.07) is 0. The van der Waals surface area contributed by atoms with Crippen LogP contribution < -0.4 is 0 Å². The highest BCUT2D eigenvalue weighted by molar-refractivity contribution is 5.54. The molecule has 0 aromatic carbocycles. The molecule has 4 N–H and O–H groups in total. The summed E-state index contributed by atoms with van der Waals surface area (Å²) in [4.78, 5) is 0. The van der Waals surface area contributed by atoms with Crippen LogP contribution in [0.3, 0.4) is 0 Å². The molecule has 0 bridgehead atoms. The standard InChI is InChI=1S/C28H44O4/c1-17(2)18(3)7-8-19(4)21-11-14-27(31)23-15-24(30)28(32)16-20(29)9-12-26(28,6)22(23)10-13-25(21,27)5/h7-8,10,15,17-21,24,29-32H,9,11-14,16H2,1-6H3/t18-,19+,20-,21+,24+,25+,26+,27+,28-/m0/s1. The van der Waals surface area contributed by atoms with E-state index >= 15 is 0 Å². The van der Waals surface area contributed by atoms with E-state index in [0.717, 1.165) is 24.0 Å². The average molecular weight is 445 g/mol. The first-order valence-electron chi connectivity index (χ1n) is 12.7. The molecule has 4 aliphatic rings. The smallest absolute Gasteiger partial charge is 0.106 e. The molecule has 4 rings (SSSR count). The minimum atomic E-state index is -1.40. The minimum absolute atomic E-state index is 0.167. The summed E-state index contributed by atoms with van der Waals surface area (Å²) >= 11 is 0. The van der Waals surface area contributed by atoms with Crippen molar-refractivity contribution in [3.8, 4) is 0 Å². The van der Waals surface area contributed by atoms with Crippen molar-refractivity contribution in [2.45, 2.75) is 103 Å². The quantitative estimate of drug-likeness (QED) is 0.480. The van der Waals surface area contributed by atoms with E-state index in [1.165, 1.54) is 0 Å². The molecule has 0 unspecified atom stereocenters. The van der Waals surface area contributed by atoms with E-state index in [0.29, 0.717) is 42.9 Å². The van der Waals surface area contributed by atoms with Gasteiger partial charge in [0.2, 0.25) is 0 Å². The van der Waals surface area contributed by atoms with Crippen LogP contribution in [0.4, 0.5) is 0 Å². The maximum Gasteiger partial charge on any atom is 0.106 e. The normalized spacial score (nSPS) is 48.0. The van der Waals surface area contributed by atoms with Crippen LogP contribution in [0.15, 0.2) is 35.5 Å². The van der Waals surface area contributed by atoms with Gasteiger partial charge < -0.3 is 20.4 Å². The Kier molecular flexibility index (Phi) is 5.89. The molecule has 0 aliphatic heterocycles. The molecule has 9 atom stereocenters. The molecule has 32 heavy (non-hydrogen) atoms. The lowest BCUT2D eigenvalue weighted by molar-refractivity contribution is -0.176. The molecular formula is C28H44O4. The summed E-state index contributed by atoms with van der Waals surface area (Å²) in [5.41, 5.74) is -1.55. The Labute approximate surface area is 194 Å². The summed E-state index contributed by atoms with van der Waals surface area (Å²) < 4.78 is 0. The third kappa shape index (κ3) is 3.16. The molecular weight excluding hydrogens is 400 g/mol. The predicted molar refractivity (Wildman–Crippen MR) is 128 cm³/mol. The summed E-state index contributed by atoms with van der Waals surface area (Å²) in [6.45, 7) is 13.3. The van der Waals surface area contributed by atoms with Gasteiger partial charge in [0.25, 0.3) is 0 Å². The number of aliphatic hydroxyl groups is 4. The molecule has 4 nitrogen and oxygen atoms in total. The van der Waals surface area contributed by atoms with Crippen molar-refractivity contribution >= 4 is 0 Å². The number of hydrogen-bond acceptors (Lipinski definition) is 4. The van der Waals surface area contributed by atoms with E-state index in [9.17, 15) is 20.4 Å². The molecule has 0 radical (unpaired) electrons. The van der Waals surface area contributed by atoms with Gasteiger partial charge in [-0.1, -0.05) is 59.8 Å². The molecule has 180 valence electrons. The summed E-state index contributed by atoms with van der Waals surface area (Å²) in [7, 11) is 0. The number of aliphatic hydroxyl groups excluding tert-OH is 2. The van der Waals surface area contributed by atoms with Crippen LogP contribution in [0.2, 0.25) is 0 Å².